The van der Waals surface area contributed by atoms with Gasteiger partial charge in [-0.1, -0.05) is 6.92 Å². The van der Waals surface area contributed by atoms with Crippen LogP contribution in [0, 0.1) is 0 Å². The van der Waals surface area contributed by atoms with Crippen LogP contribution in [0.15, 0.2) is 0 Å². The quantitative estimate of drug-likeness (QED) is 0.694. The normalized spacial score (nSPS) is 25.3. The Morgan fingerprint density at radius 3 is 2.92 bits per heavy atom. The van der Waals surface area contributed by atoms with E-state index >= 15 is 0 Å². The number of nitrogens with two attached hydrogens (primary N) is 1. The standard InChI is InChI=1S/C9H17ClN2O/c1-2-8(11)3-4-12-6-7(10)5-9(12)13/h7-8H,2-6,11H2,1H3. The number of alkyl halides is 1. The second-order valence-electron chi connectivity index (χ2n) is 3.60. The van der Waals surface area contributed by atoms with Gasteiger partial charge >= 0.3 is 0 Å². The molecule has 2 atom stereocenters. The molecule has 0 aromatic carbocycles. The zero-order valence-electron chi connectivity index (χ0n) is 8.00. The molecule has 1 fully saturated rings. The van der Waals surface area contributed by atoms with Crippen molar-refractivity contribution in [1.82, 2.24) is 4.90 Å². The molecule has 0 aliphatic carbocycles. The Kier molecular flexibility index (Phi) is 4.00. The highest BCUT2D eigenvalue weighted by Gasteiger charge is 2.27. The monoisotopic (exact) mass is 204 g/mol. The van der Waals surface area contributed by atoms with Gasteiger partial charge < -0.3 is 10.6 Å². The summed E-state index contributed by atoms with van der Waals surface area (Å²) in [6.45, 7) is 3.51. The van der Waals surface area contributed by atoms with Crippen LogP contribution < -0.4 is 5.73 Å². The van der Waals surface area contributed by atoms with Gasteiger partial charge in [-0.25, -0.2) is 0 Å². The van der Waals surface area contributed by atoms with E-state index in [-0.39, 0.29) is 17.3 Å². The summed E-state index contributed by atoms with van der Waals surface area (Å²) in [6, 6.07) is 0.210. The first kappa shape index (κ1) is 10.8. The van der Waals surface area contributed by atoms with Crippen molar-refractivity contribution >= 4 is 17.5 Å². The molecule has 13 heavy (non-hydrogen) atoms. The molecule has 0 aromatic heterocycles. The molecule has 1 aliphatic rings. The molecule has 2 N–H and O–H groups in total. The molecular weight excluding hydrogens is 188 g/mol. The zero-order chi connectivity index (χ0) is 9.84. The molecule has 0 saturated carbocycles. The van der Waals surface area contributed by atoms with E-state index in [9.17, 15) is 4.79 Å². The SMILES string of the molecule is CCC(N)CCN1CC(Cl)CC1=O. The van der Waals surface area contributed by atoms with Crippen molar-refractivity contribution in [2.24, 2.45) is 5.73 Å². The first-order chi connectivity index (χ1) is 6.13. The van der Waals surface area contributed by atoms with Gasteiger partial charge in [0.25, 0.3) is 0 Å². The first-order valence-corrected chi connectivity index (χ1v) is 5.24. The summed E-state index contributed by atoms with van der Waals surface area (Å²) in [7, 11) is 0. The van der Waals surface area contributed by atoms with Crippen LogP contribution in [0.5, 0.6) is 0 Å². The highest BCUT2D eigenvalue weighted by molar-refractivity contribution is 6.22. The lowest BCUT2D eigenvalue weighted by Crippen LogP contribution is -2.31. The fraction of sp³-hybridized carbons (Fsp3) is 0.889. The van der Waals surface area contributed by atoms with Gasteiger partial charge in [0.05, 0.1) is 5.38 Å². The minimum atomic E-state index is 0.00495. The molecule has 0 spiro atoms. The van der Waals surface area contributed by atoms with E-state index < -0.39 is 0 Å². The first-order valence-electron chi connectivity index (χ1n) is 4.81. The molecule has 0 bridgehead atoms. The van der Waals surface area contributed by atoms with Crippen LogP contribution in [0.25, 0.3) is 0 Å². The highest BCUT2D eigenvalue weighted by Crippen LogP contribution is 2.16. The Morgan fingerprint density at radius 1 is 1.77 bits per heavy atom. The molecule has 2 unspecified atom stereocenters. The van der Waals surface area contributed by atoms with Crippen LogP contribution in [-0.4, -0.2) is 35.3 Å². The minimum absolute atomic E-state index is 0.00495. The number of rotatable bonds is 4. The summed E-state index contributed by atoms with van der Waals surface area (Å²) in [5.74, 6) is 0.170. The van der Waals surface area contributed by atoms with Gasteiger partial charge in [-0.2, -0.15) is 0 Å². The Hall–Kier alpha value is -0.280. The third-order valence-electron chi connectivity index (χ3n) is 2.46. The number of likely N-dealkylation sites (tertiary alicyclic amines) is 1. The lowest BCUT2D eigenvalue weighted by Gasteiger charge is -2.17. The van der Waals surface area contributed by atoms with E-state index in [0.717, 1.165) is 19.4 Å². The van der Waals surface area contributed by atoms with Crippen molar-refractivity contribution < 1.29 is 4.79 Å². The summed E-state index contributed by atoms with van der Waals surface area (Å²) in [5, 5.41) is 0.00495. The maximum Gasteiger partial charge on any atom is 0.224 e. The summed E-state index contributed by atoms with van der Waals surface area (Å²) in [4.78, 5) is 13.1. The molecule has 1 aliphatic heterocycles. The average molecular weight is 205 g/mol. The number of carbonyl (C=O) groups is 1. The van der Waals surface area contributed by atoms with E-state index in [0.29, 0.717) is 13.0 Å². The fourth-order valence-corrected chi connectivity index (χ4v) is 1.76. The number of hydrogen-bond donors (Lipinski definition) is 1. The Morgan fingerprint density at radius 2 is 2.46 bits per heavy atom. The van der Waals surface area contributed by atoms with E-state index in [1.807, 2.05) is 4.90 Å². The zero-order valence-corrected chi connectivity index (χ0v) is 8.76. The lowest BCUT2D eigenvalue weighted by atomic mass is 10.1. The molecule has 0 radical (unpaired) electrons. The lowest BCUT2D eigenvalue weighted by molar-refractivity contribution is -0.127. The van der Waals surface area contributed by atoms with Crippen molar-refractivity contribution in [3.63, 3.8) is 0 Å². The number of halogens is 1. The van der Waals surface area contributed by atoms with Crippen LogP contribution in [0.2, 0.25) is 0 Å². The Bertz CT molecular complexity index is 186. The van der Waals surface area contributed by atoms with Gasteiger partial charge in [0, 0.05) is 25.6 Å². The number of nitrogens with zero attached hydrogens (tertiary/aromatic N) is 1. The smallest absolute Gasteiger partial charge is 0.224 e. The largest absolute Gasteiger partial charge is 0.341 e. The van der Waals surface area contributed by atoms with Gasteiger partial charge in [0.15, 0.2) is 0 Å². The van der Waals surface area contributed by atoms with Crippen molar-refractivity contribution in [3.8, 4) is 0 Å². The summed E-state index contributed by atoms with van der Waals surface area (Å²) >= 11 is 5.86. The molecule has 1 amide bonds. The van der Waals surface area contributed by atoms with E-state index in [4.69, 9.17) is 17.3 Å². The topological polar surface area (TPSA) is 46.3 Å². The summed E-state index contributed by atoms with van der Waals surface area (Å²) in [5.41, 5.74) is 5.76. The van der Waals surface area contributed by atoms with E-state index in [1.165, 1.54) is 0 Å². The number of hydrogen-bond acceptors (Lipinski definition) is 2. The summed E-state index contributed by atoms with van der Waals surface area (Å²) in [6.07, 6.45) is 2.33. The predicted molar refractivity (Wildman–Crippen MR) is 53.7 cm³/mol. The van der Waals surface area contributed by atoms with Gasteiger partial charge in [0.1, 0.15) is 0 Å². The van der Waals surface area contributed by atoms with Crippen molar-refractivity contribution in [2.45, 2.75) is 37.6 Å². The molecule has 3 nitrogen and oxygen atoms in total. The second-order valence-corrected chi connectivity index (χ2v) is 4.22. The van der Waals surface area contributed by atoms with Crippen LogP contribution in [0.4, 0.5) is 0 Å². The molecule has 76 valence electrons. The van der Waals surface area contributed by atoms with E-state index in [1.54, 1.807) is 0 Å². The average Bonchev–Trinajstić information content (AvgIpc) is 2.41. The number of carbonyl (C=O) groups excluding carboxylic acids is 1. The number of amides is 1. The highest BCUT2D eigenvalue weighted by atomic mass is 35.5. The maximum atomic E-state index is 11.3. The van der Waals surface area contributed by atoms with Crippen LogP contribution >= 0.6 is 11.6 Å². The van der Waals surface area contributed by atoms with Crippen LogP contribution in [0.1, 0.15) is 26.2 Å². The predicted octanol–water partition coefficient (Wildman–Crippen LogP) is 0.953. The molecule has 0 aromatic rings. The van der Waals surface area contributed by atoms with Gasteiger partial charge in [-0.05, 0) is 12.8 Å². The fourth-order valence-electron chi connectivity index (χ4n) is 1.47. The van der Waals surface area contributed by atoms with Gasteiger partial charge in [0.2, 0.25) is 5.91 Å². The second kappa shape index (κ2) is 4.82. The van der Waals surface area contributed by atoms with Gasteiger partial charge in [-0.3, -0.25) is 4.79 Å². The van der Waals surface area contributed by atoms with Crippen LogP contribution in [-0.2, 0) is 4.79 Å². The van der Waals surface area contributed by atoms with Crippen molar-refractivity contribution in [3.05, 3.63) is 0 Å². The minimum Gasteiger partial charge on any atom is -0.341 e. The Labute approximate surface area is 84.2 Å². The summed E-state index contributed by atoms with van der Waals surface area (Å²) < 4.78 is 0. The van der Waals surface area contributed by atoms with Crippen molar-refractivity contribution in [2.75, 3.05) is 13.1 Å². The van der Waals surface area contributed by atoms with Crippen molar-refractivity contribution in [1.29, 1.82) is 0 Å². The molecule has 1 rings (SSSR count). The molecule has 1 saturated heterocycles. The third-order valence-corrected chi connectivity index (χ3v) is 2.75. The van der Waals surface area contributed by atoms with Gasteiger partial charge in [-0.15, -0.1) is 11.6 Å². The van der Waals surface area contributed by atoms with Crippen LogP contribution in [0.3, 0.4) is 0 Å². The molecule has 4 heteroatoms. The third kappa shape index (κ3) is 3.16. The van der Waals surface area contributed by atoms with E-state index in [2.05, 4.69) is 6.92 Å². The molecular formula is C9H17ClN2O. The maximum absolute atomic E-state index is 11.3. The molecule has 1 heterocycles. The Balaban J connectivity index is 2.25.